The predicted octanol–water partition coefficient (Wildman–Crippen LogP) is 3.88. The second-order valence-electron chi connectivity index (χ2n) is 8.30. The maximum atomic E-state index is 14.0. The van der Waals surface area contributed by atoms with Crippen molar-refractivity contribution < 1.29 is 23.2 Å². The number of benzene rings is 2. The first-order valence-corrected chi connectivity index (χ1v) is 12.0. The van der Waals surface area contributed by atoms with Crippen LogP contribution in [0.5, 0.6) is 0 Å². The van der Waals surface area contributed by atoms with Crippen molar-refractivity contribution in [2.24, 2.45) is 5.73 Å². The van der Waals surface area contributed by atoms with E-state index in [0.717, 1.165) is 11.5 Å². The number of hydrogen-bond acceptors (Lipinski definition) is 7. The molecule has 3 amide bonds. The Bertz CT molecular complexity index is 1460. The van der Waals surface area contributed by atoms with E-state index in [0.29, 0.717) is 22.6 Å². The van der Waals surface area contributed by atoms with Crippen LogP contribution in [0.4, 0.5) is 15.8 Å². The number of carbonyl (C=O) groups is 3. The Labute approximate surface area is 216 Å². The third-order valence-corrected chi connectivity index (χ3v) is 6.52. The van der Waals surface area contributed by atoms with Crippen LogP contribution < -0.4 is 21.7 Å². The van der Waals surface area contributed by atoms with Gasteiger partial charge in [-0.25, -0.2) is 4.39 Å². The van der Waals surface area contributed by atoms with Crippen LogP contribution in [-0.4, -0.2) is 22.1 Å². The van der Waals surface area contributed by atoms with E-state index in [4.69, 9.17) is 15.9 Å². The molecular formula is C26H24FN5O4S. The van der Waals surface area contributed by atoms with Crippen LogP contribution >= 0.6 is 11.5 Å². The summed E-state index contributed by atoms with van der Waals surface area (Å²) < 4.78 is 23.1. The molecule has 190 valence electrons. The van der Waals surface area contributed by atoms with Crippen molar-refractivity contribution in [1.29, 1.82) is 0 Å². The third-order valence-electron chi connectivity index (χ3n) is 5.67. The lowest BCUT2D eigenvalue weighted by molar-refractivity contribution is -0.123. The van der Waals surface area contributed by atoms with Gasteiger partial charge in [0.2, 0.25) is 0 Å². The summed E-state index contributed by atoms with van der Waals surface area (Å²) in [7, 11) is 0. The van der Waals surface area contributed by atoms with Crippen LogP contribution in [-0.2, 0) is 11.3 Å². The van der Waals surface area contributed by atoms with E-state index in [1.807, 2.05) is 0 Å². The third kappa shape index (κ3) is 5.36. The van der Waals surface area contributed by atoms with Crippen molar-refractivity contribution >= 4 is 40.6 Å². The first-order valence-electron chi connectivity index (χ1n) is 11.2. The summed E-state index contributed by atoms with van der Waals surface area (Å²) in [5.74, 6) is -1.72. The Morgan fingerprint density at radius 3 is 2.38 bits per heavy atom. The minimum absolute atomic E-state index is 0.0448. The van der Waals surface area contributed by atoms with E-state index in [9.17, 15) is 18.8 Å². The smallest absolute Gasteiger partial charge is 0.273 e. The molecule has 0 unspecified atom stereocenters. The fraction of sp³-hybridized carbons (Fsp3) is 0.154. The van der Waals surface area contributed by atoms with Gasteiger partial charge in [0.25, 0.3) is 17.7 Å². The molecule has 4 aromatic rings. The minimum atomic E-state index is -1.25. The molecule has 37 heavy (non-hydrogen) atoms. The highest BCUT2D eigenvalue weighted by molar-refractivity contribution is 7.09. The van der Waals surface area contributed by atoms with Crippen molar-refractivity contribution in [2.45, 2.75) is 26.4 Å². The topological polar surface area (TPSA) is 145 Å². The zero-order chi connectivity index (χ0) is 26.7. The number of nitrogen functional groups attached to an aromatic ring is 1. The number of para-hydroxylation sites is 1. The Balaban J connectivity index is 1.80. The number of rotatable bonds is 8. The lowest BCUT2D eigenvalue weighted by atomic mass is 10.1. The van der Waals surface area contributed by atoms with Gasteiger partial charge >= 0.3 is 0 Å². The molecule has 11 heteroatoms. The number of amides is 3. The molecule has 0 fully saturated rings. The molecule has 0 aliphatic carbocycles. The van der Waals surface area contributed by atoms with Gasteiger partial charge in [-0.15, -0.1) is 0 Å². The Kier molecular flexibility index (Phi) is 7.35. The van der Waals surface area contributed by atoms with E-state index in [-0.39, 0.29) is 28.6 Å². The monoisotopic (exact) mass is 521 g/mol. The summed E-state index contributed by atoms with van der Waals surface area (Å²) in [6, 6.07) is 14.7. The molecule has 0 aliphatic heterocycles. The molecule has 0 saturated carbocycles. The first-order chi connectivity index (χ1) is 17.7. The summed E-state index contributed by atoms with van der Waals surface area (Å²) >= 11 is 0.718. The van der Waals surface area contributed by atoms with E-state index in [1.54, 1.807) is 62.4 Å². The second-order valence-corrected chi connectivity index (χ2v) is 9.07. The molecule has 0 radical (unpaired) electrons. The average Bonchev–Trinajstić information content (AvgIpc) is 3.47. The van der Waals surface area contributed by atoms with Gasteiger partial charge in [0.1, 0.15) is 22.2 Å². The van der Waals surface area contributed by atoms with Crippen LogP contribution in [0.3, 0.4) is 0 Å². The zero-order valence-corrected chi connectivity index (χ0v) is 20.8. The van der Waals surface area contributed by atoms with Crippen LogP contribution in [0, 0.1) is 19.7 Å². The molecule has 2 aromatic carbocycles. The van der Waals surface area contributed by atoms with Gasteiger partial charge in [0.15, 0.2) is 11.7 Å². The zero-order valence-electron chi connectivity index (χ0n) is 20.0. The number of primary amides is 1. The summed E-state index contributed by atoms with van der Waals surface area (Å²) in [4.78, 5) is 40.6. The van der Waals surface area contributed by atoms with Crippen LogP contribution in [0.2, 0.25) is 0 Å². The number of anilines is 2. The first kappa shape index (κ1) is 25.6. The minimum Gasteiger partial charge on any atom is -0.464 e. The van der Waals surface area contributed by atoms with Crippen molar-refractivity contribution in [3.8, 4) is 0 Å². The lowest BCUT2D eigenvalue weighted by Gasteiger charge is -2.30. The van der Waals surface area contributed by atoms with Crippen molar-refractivity contribution in [3.63, 3.8) is 0 Å². The number of halogens is 1. The number of nitrogens with two attached hydrogens (primary N) is 2. The highest BCUT2D eigenvalue weighted by Crippen LogP contribution is 2.35. The Morgan fingerprint density at radius 2 is 1.78 bits per heavy atom. The SMILES string of the molecule is Cc1ccc([C@@H](C(=O)NCc2ccc(F)cc2)N(C(=O)c2snc(C(N)=O)c2N)c2ccccc2C)o1. The molecule has 9 nitrogen and oxygen atoms in total. The van der Waals surface area contributed by atoms with Crippen molar-refractivity contribution in [2.75, 3.05) is 10.6 Å². The number of aromatic nitrogens is 1. The molecule has 1 atom stereocenters. The molecule has 0 spiro atoms. The van der Waals surface area contributed by atoms with E-state index >= 15 is 0 Å². The Morgan fingerprint density at radius 1 is 1.08 bits per heavy atom. The number of hydrogen-bond donors (Lipinski definition) is 3. The molecular weight excluding hydrogens is 497 g/mol. The molecule has 5 N–H and O–H groups in total. The maximum absolute atomic E-state index is 14.0. The van der Waals surface area contributed by atoms with E-state index in [1.165, 1.54) is 17.0 Å². The summed E-state index contributed by atoms with van der Waals surface area (Å²) in [5.41, 5.74) is 12.8. The number of furan rings is 1. The Hall–Kier alpha value is -4.51. The number of carbonyl (C=O) groups excluding carboxylic acids is 3. The van der Waals surface area contributed by atoms with Gasteiger partial charge < -0.3 is 21.2 Å². The quantitative estimate of drug-likeness (QED) is 0.321. The van der Waals surface area contributed by atoms with Gasteiger partial charge in [-0.2, -0.15) is 4.37 Å². The van der Waals surface area contributed by atoms with Crippen LogP contribution in [0.1, 0.15) is 48.8 Å². The summed E-state index contributed by atoms with van der Waals surface area (Å²) in [5, 5.41) is 2.81. The van der Waals surface area contributed by atoms with Gasteiger partial charge in [-0.1, -0.05) is 30.3 Å². The fourth-order valence-corrected chi connectivity index (χ4v) is 4.54. The van der Waals surface area contributed by atoms with Gasteiger partial charge in [0, 0.05) is 12.2 Å². The van der Waals surface area contributed by atoms with Crippen LogP contribution in [0.25, 0.3) is 0 Å². The molecule has 4 rings (SSSR count). The van der Waals surface area contributed by atoms with Gasteiger partial charge in [0.05, 0.1) is 5.69 Å². The molecule has 0 aliphatic rings. The standard InChI is InChI=1S/C26H24FN5O4S/c1-14-5-3-4-6-18(14)32(26(35)23-20(28)21(24(29)33)31-37-23)22(19-12-7-15(2)36-19)25(34)30-13-16-8-10-17(27)11-9-16/h3-12,22H,13,28H2,1-2H3,(H2,29,33)(H,30,34)/t22-/m0/s1. The summed E-state index contributed by atoms with van der Waals surface area (Å²) in [6.45, 7) is 3.60. The van der Waals surface area contributed by atoms with Crippen molar-refractivity contribution in [3.05, 3.63) is 99.7 Å². The fourth-order valence-electron chi connectivity index (χ4n) is 3.80. The largest absolute Gasteiger partial charge is 0.464 e. The van der Waals surface area contributed by atoms with E-state index < -0.39 is 29.6 Å². The van der Waals surface area contributed by atoms with E-state index in [2.05, 4.69) is 9.69 Å². The summed E-state index contributed by atoms with van der Waals surface area (Å²) in [6.07, 6.45) is 0. The molecule has 2 heterocycles. The lowest BCUT2D eigenvalue weighted by Crippen LogP contribution is -2.44. The predicted molar refractivity (Wildman–Crippen MR) is 137 cm³/mol. The van der Waals surface area contributed by atoms with Crippen molar-refractivity contribution in [1.82, 2.24) is 9.69 Å². The highest BCUT2D eigenvalue weighted by atomic mass is 32.1. The second kappa shape index (κ2) is 10.6. The molecule has 0 bridgehead atoms. The average molecular weight is 522 g/mol. The molecule has 2 aromatic heterocycles. The maximum Gasteiger partial charge on any atom is 0.273 e. The van der Waals surface area contributed by atoms with Gasteiger partial charge in [-0.3, -0.25) is 19.3 Å². The normalized spacial score (nSPS) is 11.6. The molecule has 0 saturated heterocycles. The number of nitrogens with one attached hydrogen (secondary N) is 1. The number of nitrogens with zero attached hydrogens (tertiary/aromatic N) is 2. The number of aryl methyl sites for hydroxylation is 2. The van der Waals surface area contributed by atoms with Gasteiger partial charge in [-0.05, 0) is 66.8 Å². The van der Waals surface area contributed by atoms with Crippen LogP contribution in [0.15, 0.2) is 65.1 Å². The highest BCUT2D eigenvalue weighted by Gasteiger charge is 2.38.